The van der Waals surface area contributed by atoms with Crippen molar-refractivity contribution in [1.82, 2.24) is 58.0 Å². The average Bonchev–Trinajstić information content (AvgIpc) is 1.69. The molecular formula is C58H62F3N15O6S3. The molecule has 444 valence electrons. The minimum absolute atomic E-state index is 0. The van der Waals surface area contributed by atoms with E-state index in [-0.39, 0.29) is 30.6 Å². The van der Waals surface area contributed by atoms with E-state index in [2.05, 4.69) is 35.6 Å². The molecule has 3 aromatic carbocycles. The standard InChI is InChI=1S/C22H25N5O3S.C17H17N5OS.C16H15N5OS.C2HF3O.CH4/c1-13-24-19-18(31-13)16-11-23-27(20(28)17(16)26(19)6)12-14-8-7-9-15(10-14)25(5)21(29)30-22(2,3)4;1-10-20-16-15(24-10)13-8-19-22(17(23)14(13)21(16)3)9-11-5-4-6-12(7-11)18-2;1-9-19-15-14(23-9)12-7-18-21(16(22)13(12)20(15)2)8-10-4-3-5-11(17)6-10;3-2(4,5)1-6;/h7-11H,12H2,1-6H3;4-8,18H,9H2,1-3H3;3-7H,8,17H2,1-2H3;1H;1H4. The smallest absolute Gasteiger partial charge is 0.443 e. The molecule has 21 nitrogen and oxygen atoms in total. The van der Waals surface area contributed by atoms with Gasteiger partial charge >= 0.3 is 12.3 Å². The van der Waals surface area contributed by atoms with Crippen LogP contribution in [0.5, 0.6) is 0 Å². The highest BCUT2D eigenvalue weighted by molar-refractivity contribution is 7.20. The van der Waals surface area contributed by atoms with Gasteiger partial charge < -0.3 is 29.5 Å². The van der Waals surface area contributed by atoms with Crippen LogP contribution in [0.2, 0.25) is 0 Å². The van der Waals surface area contributed by atoms with Gasteiger partial charge in [0.15, 0.2) is 16.9 Å². The lowest BCUT2D eigenvalue weighted by molar-refractivity contribution is -0.156. The van der Waals surface area contributed by atoms with Crippen molar-refractivity contribution in [3.05, 3.63) is 154 Å². The Hall–Kier alpha value is -9.08. The number of aldehydes is 1. The summed E-state index contributed by atoms with van der Waals surface area (Å²) in [5.41, 5.74) is 14.4. The number of ether oxygens (including phenoxy) is 1. The highest BCUT2D eigenvalue weighted by Crippen LogP contribution is 2.33. The van der Waals surface area contributed by atoms with Crippen molar-refractivity contribution in [2.24, 2.45) is 21.1 Å². The molecule has 0 atom stereocenters. The van der Waals surface area contributed by atoms with Crippen LogP contribution >= 0.6 is 34.0 Å². The zero-order valence-corrected chi connectivity index (χ0v) is 50.0. The van der Waals surface area contributed by atoms with E-state index < -0.39 is 24.2 Å². The number of anilines is 3. The van der Waals surface area contributed by atoms with Crippen LogP contribution in [0.1, 0.15) is 59.9 Å². The van der Waals surface area contributed by atoms with Crippen molar-refractivity contribution in [3.8, 4) is 0 Å². The second kappa shape index (κ2) is 24.6. The van der Waals surface area contributed by atoms with Crippen LogP contribution in [0.15, 0.2) is 106 Å². The summed E-state index contributed by atoms with van der Waals surface area (Å²) in [7, 11) is 9.15. The van der Waals surface area contributed by atoms with Gasteiger partial charge in [0, 0.05) is 68.5 Å². The van der Waals surface area contributed by atoms with Gasteiger partial charge in [-0.15, -0.1) is 34.0 Å². The summed E-state index contributed by atoms with van der Waals surface area (Å²) in [4.78, 5) is 75.0. The highest BCUT2D eigenvalue weighted by Gasteiger charge is 2.25. The molecule has 3 N–H and O–H groups in total. The van der Waals surface area contributed by atoms with E-state index >= 15 is 0 Å². The Morgan fingerprint density at radius 3 is 1.36 bits per heavy atom. The van der Waals surface area contributed by atoms with Gasteiger partial charge in [0.05, 0.1) is 67.3 Å². The molecule has 0 aliphatic heterocycles. The molecule has 1 amide bonds. The summed E-state index contributed by atoms with van der Waals surface area (Å²) in [5, 5.41) is 21.7. The lowest BCUT2D eigenvalue weighted by atomic mass is 10.2. The molecule has 0 bridgehead atoms. The van der Waals surface area contributed by atoms with Crippen molar-refractivity contribution in [2.45, 2.75) is 80.4 Å². The van der Waals surface area contributed by atoms with E-state index in [0.29, 0.717) is 41.0 Å². The Kier molecular flexibility index (Phi) is 18.0. The lowest BCUT2D eigenvalue weighted by Crippen LogP contribution is -2.34. The normalized spacial score (nSPS) is 11.5. The number of hydrogen-bond donors (Lipinski definition) is 2. The van der Waals surface area contributed by atoms with Gasteiger partial charge in [0.2, 0.25) is 6.29 Å². The van der Waals surface area contributed by atoms with E-state index in [0.717, 1.165) is 84.6 Å². The van der Waals surface area contributed by atoms with Crippen LogP contribution in [-0.4, -0.2) is 96.2 Å². The van der Waals surface area contributed by atoms with E-state index in [1.165, 1.54) is 18.9 Å². The van der Waals surface area contributed by atoms with Gasteiger partial charge in [-0.2, -0.15) is 28.5 Å². The van der Waals surface area contributed by atoms with E-state index in [1.807, 2.05) is 156 Å². The monoisotopic (exact) mass is 1220 g/mol. The Morgan fingerprint density at radius 2 is 1.00 bits per heavy atom. The zero-order valence-electron chi connectivity index (χ0n) is 47.6. The number of aryl methyl sites for hydroxylation is 6. The average molecular weight is 1220 g/mol. The number of aromatic nitrogens is 12. The predicted octanol–water partition coefficient (Wildman–Crippen LogP) is 10.5. The largest absolute Gasteiger partial charge is 0.446 e. The first kappa shape index (κ1) is 62.0. The summed E-state index contributed by atoms with van der Waals surface area (Å²) >= 11 is 4.75. The number of alkyl halides is 3. The Bertz CT molecular complexity index is 4670. The van der Waals surface area contributed by atoms with Crippen molar-refractivity contribution < 1.29 is 27.5 Å². The molecule has 85 heavy (non-hydrogen) atoms. The van der Waals surface area contributed by atoms with E-state index in [9.17, 15) is 32.3 Å². The number of nitrogens with two attached hydrogens (primary N) is 1. The minimum Gasteiger partial charge on any atom is -0.443 e. The van der Waals surface area contributed by atoms with Crippen molar-refractivity contribution in [1.29, 1.82) is 0 Å². The Balaban J connectivity index is 0.000000159. The maximum absolute atomic E-state index is 13.2. The van der Waals surface area contributed by atoms with Crippen molar-refractivity contribution in [3.63, 3.8) is 0 Å². The second-order valence-corrected chi connectivity index (χ2v) is 24.1. The molecule has 0 aliphatic rings. The number of carbonyl (C=O) groups excluding carboxylic acids is 2. The van der Waals surface area contributed by atoms with Gasteiger partial charge in [-0.3, -0.25) is 24.1 Å². The molecule has 0 saturated carbocycles. The molecule has 0 saturated heterocycles. The van der Waals surface area contributed by atoms with Crippen LogP contribution in [0, 0.1) is 20.8 Å². The summed E-state index contributed by atoms with van der Waals surface area (Å²) in [5.74, 6) is 0. The SMILES string of the molecule is C.CNc1cccc(Cn2ncc3c4sc(C)nc4n(C)c3c2=O)c1.Cc1nc2c(s1)c1cnn(Cc3cccc(N(C)C(=O)OC(C)(C)C)c3)c(=O)c1n2C.Cc1nc2c(s1)c1cnn(Cc3cccc(N)c3)c(=O)c1n2C.O=CC(F)(F)F. The number of carbonyl (C=O) groups is 2. The van der Waals surface area contributed by atoms with E-state index in [1.54, 1.807) is 59.6 Å². The number of nitrogens with one attached hydrogen (secondary N) is 1. The maximum Gasteiger partial charge on any atom is 0.446 e. The number of thiazole rings is 3. The molecule has 0 spiro atoms. The molecule has 0 fully saturated rings. The number of amides is 1. The molecule has 27 heteroatoms. The summed E-state index contributed by atoms with van der Waals surface area (Å²) in [6.07, 6.45) is -0.880. The fourth-order valence-corrected chi connectivity index (χ4v) is 12.2. The van der Waals surface area contributed by atoms with Gasteiger partial charge in [-0.25, -0.2) is 33.8 Å². The quantitative estimate of drug-likeness (QED) is 0.106. The number of hydrogen-bond acceptors (Lipinski definition) is 17. The second-order valence-electron chi connectivity index (χ2n) is 20.5. The number of halogens is 3. The molecule has 0 radical (unpaired) electrons. The number of fused-ring (bicyclic) bond motifs is 9. The molecule has 9 heterocycles. The third kappa shape index (κ3) is 13.2. The molecular weight excluding hydrogens is 1160 g/mol. The van der Waals surface area contributed by atoms with Crippen LogP contribution < -0.4 is 32.6 Å². The van der Waals surface area contributed by atoms with Crippen LogP contribution in [0.4, 0.5) is 35.0 Å². The van der Waals surface area contributed by atoms with Crippen LogP contribution in [0.25, 0.3) is 63.8 Å². The highest BCUT2D eigenvalue weighted by atomic mass is 32.1. The molecule has 12 aromatic rings. The molecule has 12 rings (SSSR count). The zero-order chi connectivity index (χ0) is 60.7. The van der Waals surface area contributed by atoms with Gasteiger partial charge in [-0.1, -0.05) is 43.8 Å². The first-order chi connectivity index (χ1) is 39.7. The molecule has 0 aliphatic carbocycles. The molecule has 0 unspecified atom stereocenters. The number of benzene rings is 3. The third-order valence-corrected chi connectivity index (χ3v) is 16.1. The maximum atomic E-state index is 13.2. The van der Waals surface area contributed by atoms with Gasteiger partial charge in [-0.05, 0) is 94.6 Å². The van der Waals surface area contributed by atoms with Gasteiger partial charge in [0.1, 0.15) is 22.2 Å². The molecule has 9 aromatic heterocycles. The Labute approximate surface area is 496 Å². The summed E-state index contributed by atoms with van der Waals surface area (Å²) in [6, 6.07) is 22.9. The number of nitrogen functional groups attached to an aromatic ring is 1. The van der Waals surface area contributed by atoms with Crippen LogP contribution in [0.3, 0.4) is 0 Å². The summed E-state index contributed by atoms with van der Waals surface area (Å²) in [6.45, 7) is 12.5. The number of rotatable bonds is 8. The first-order valence-corrected chi connectivity index (χ1v) is 28.3. The minimum atomic E-state index is -4.64. The van der Waals surface area contributed by atoms with Crippen molar-refractivity contribution >= 4 is 127 Å². The van der Waals surface area contributed by atoms with E-state index in [4.69, 9.17) is 15.3 Å². The number of nitrogens with zero attached hydrogens (tertiary/aromatic N) is 13. The van der Waals surface area contributed by atoms with Gasteiger partial charge in [0.25, 0.3) is 16.7 Å². The van der Waals surface area contributed by atoms with Crippen molar-refractivity contribution in [2.75, 3.05) is 30.0 Å². The Morgan fingerprint density at radius 1 is 0.635 bits per heavy atom. The summed E-state index contributed by atoms with van der Waals surface area (Å²) < 4.78 is 49.7. The predicted molar refractivity (Wildman–Crippen MR) is 333 cm³/mol. The topological polar surface area (TPSA) is 243 Å². The lowest BCUT2D eigenvalue weighted by Gasteiger charge is -2.25. The fourth-order valence-electron chi connectivity index (χ4n) is 9.35. The van der Waals surface area contributed by atoms with Crippen LogP contribution in [-0.2, 0) is 50.3 Å². The fraction of sp³-hybridized carbons (Fsp3) is 0.293. The first-order valence-electron chi connectivity index (χ1n) is 25.9. The third-order valence-electron chi connectivity index (χ3n) is 13.2.